The Balaban J connectivity index is 1.63. The van der Waals surface area contributed by atoms with E-state index in [1.807, 2.05) is 6.07 Å². The van der Waals surface area contributed by atoms with Gasteiger partial charge in [0.05, 0.1) is 16.3 Å². The second-order valence-corrected chi connectivity index (χ2v) is 11.1. The van der Waals surface area contributed by atoms with E-state index in [0.29, 0.717) is 0 Å². The van der Waals surface area contributed by atoms with Crippen molar-refractivity contribution in [3.05, 3.63) is 71.4 Å². The van der Waals surface area contributed by atoms with E-state index in [4.69, 9.17) is 0 Å². The summed E-state index contributed by atoms with van der Waals surface area (Å²) < 4.78 is 69.2. The molecule has 0 bridgehead atoms. The number of benzene rings is 2. The van der Waals surface area contributed by atoms with Gasteiger partial charge in [0.15, 0.2) is 0 Å². The average Bonchev–Trinajstić information content (AvgIpc) is 3.39. The van der Waals surface area contributed by atoms with Crippen molar-refractivity contribution < 1.29 is 21.2 Å². The molecular formula is C19H17FN2O4S3. The van der Waals surface area contributed by atoms with Crippen LogP contribution in [0.1, 0.15) is 24.3 Å². The van der Waals surface area contributed by atoms with Gasteiger partial charge in [-0.3, -0.25) is 9.44 Å². The third-order valence-electron chi connectivity index (χ3n) is 4.46. The Morgan fingerprint density at radius 1 is 0.828 bits per heavy atom. The quantitative estimate of drug-likeness (QED) is 0.557. The van der Waals surface area contributed by atoms with E-state index in [1.54, 1.807) is 17.5 Å². The summed E-state index contributed by atoms with van der Waals surface area (Å²) in [6, 6.07) is 12.3. The molecule has 0 spiro atoms. The van der Waals surface area contributed by atoms with Crippen LogP contribution in [0.3, 0.4) is 0 Å². The molecule has 1 saturated carbocycles. The van der Waals surface area contributed by atoms with Crippen molar-refractivity contribution in [2.45, 2.75) is 27.9 Å². The van der Waals surface area contributed by atoms with Gasteiger partial charge in [-0.15, -0.1) is 11.3 Å². The average molecular weight is 453 g/mol. The number of hydrogen-bond donors (Lipinski definition) is 2. The predicted octanol–water partition coefficient (Wildman–Crippen LogP) is 4.37. The van der Waals surface area contributed by atoms with E-state index in [9.17, 15) is 21.2 Å². The van der Waals surface area contributed by atoms with Crippen molar-refractivity contribution in [3.8, 4) is 0 Å². The van der Waals surface area contributed by atoms with Gasteiger partial charge < -0.3 is 0 Å². The Kier molecular flexibility index (Phi) is 5.09. The maximum absolute atomic E-state index is 13.1. The molecule has 29 heavy (non-hydrogen) atoms. The molecule has 10 heteroatoms. The Labute approximate surface area is 172 Å². The van der Waals surface area contributed by atoms with Gasteiger partial charge in [0.25, 0.3) is 20.0 Å². The standard InChI is InChI=1S/C19H17FN2O4S3/c20-14-7-9-15(10-8-14)28(23,24)21-17-3-1-2-4-18(17)22-29(25,26)19-16(11-12-27-19)13-5-6-13/h1-4,7-13,21-22H,5-6H2. The number of sulfonamides is 2. The molecule has 2 aromatic carbocycles. The van der Waals surface area contributed by atoms with Crippen LogP contribution in [0.4, 0.5) is 15.8 Å². The molecule has 0 radical (unpaired) electrons. The monoisotopic (exact) mass is 452 g/mol. The molecule has 0 unspecified atom stereocenters. The normalized spacial score (nSPS) is 14.5. The molecule has 0 amide bonds. The predicted molar refractivity (Wildman–Crippen MR) is 111 cm³/mol. The molecule has 0 saturated heterocycles. The van der Waals surface area contributed by atoms with E-state index in [1.165, 1.54) is 12.1 Å². The van der Waals surface area contributed by atoms with Gasteiger partial charge in [-0.25, -0.2) is 21.2 Å². The van der Waals surface area contributed by atoms with Gasteiger partial charge in [0.1, 0.15) is 10.0 Å². The van der Waals surface area contributed by atoms with Crippen LogP contribution in [0.15, 0.2) is 69.1 Å². The topological polar surface area (TPSA) is 92.3 Å². The van der Waals surface area contributed by atoms with Gasteiger partial charge in [0, 0.05) is 0 Å². The molecule has 3 aromatic rings. The summed E-state index contributed by atoms with van der Waals surface area (Å²) >= 11 is 1.14. The third kappa shape index (κ3) is 4.29. The first-order chi connectivity index (χ1) is 13.8. The number of rotatable bonds is 7. The summed E-state index contributed by atoms with van der Waals surface area (Å²) in [5.41, 5.74) is 0.977. The molecule has 2 N–H and O–H groups in total. The zero-order chi connectivity index (χ0) is 20.6. The zero-order valence-electron chi connectivity index (χ0n) is 15.0. The lowest BCUT2D eigenvalue weighted by Crippen LogP contribution is -2.17. The first kappa shape index (κ1) is 19.9. The lowest BCUT2D eigenvalue weighted by molar-refractivity contribution is 0.598. The molecule has 152 valence electrons. The zero-order valence-corrected chi connectivity index (χ0v) is 17.5. The first-order valence-corrected chi connectivity index (χ1v) is 12.6. The number of anilines is 2. The van der Waals surface area contributed by atoms with Crippen molar-refractivity contribution in [1.29, 1.82) is 0 Å². The fourth-order valence-electron chi connectivity index (χ4n) is 2.89. The van der Waals surface area contributed by atoms with Gasteiger partial charge in [-0.2, -0.15) is 0 Å². The molecule has 1 aliphatic rings. The van der Waals surface area contributed by atoms with Crippen LogP contribution in [0.5, 0.6) is 0 Å². The van der Waals surface area contributed by atoms with Crippen LogP contribution >= 0.6 is 11.3 Å². The van der Waals surface area contributed by atoms with Crippen LogP contribution in [0.2, 0.25) is 0 Å². The highest BCUT2D eigenvalue weighted by atomic mass is 32.2. The number of para-hydroxylation sites is 2. The van der Waals surface area contributed by atoms with E-state index >= 15 is 0 Å². The van der Waals surface area contributed by atoms with Gasteiger partial charge >= 0.3 is 0 Å². The molecule has 1 aromatic heterocycles. The lowest BCUT2D eigenvalue weighted by atomic mass is 10.2. The fraction of sp³-hybridized carbons (Fsp3) is 0.158. The molecule has 1 heterocycles. The Bertz CT molecular complexity index is 1250. The largest absolute Gasteiger partial charge is 0.277 e. The SMILES string of the molecule is O=S(=O)(Nc1ccccc1NS(=O)(=O)c1sccc1C1CC1)c1ccc(F)cc1. The number of thiophene rings is 1. The minimum Gasteiger partial charge on any atom is -0.277 e. The Morgan fingerprint density at radius 2 is 1.41 bits per heavy atom. The fourth-order valence-corrected chi connectivity index (χ4v) is 6.58. The van der Waals surface area contributed by atoms with Crippen LogP contribution < -0.4 is 9.44 Å². The summed E-state index contributed by atoms with van der Waals surface area (Å²) in [6.45, 7) is 0. The molecule has 0 atom stereocenters. The minimum absolute atomic E-state index is 0.0740. The van der Waals surface area contributed by atoms with E-state index in [0.717, 1.165) is 54.0 Å². The molecule has 1 fully saturated rings. The second kappa shape index (κ2) is 7.43. The van der Waals surface area contributed by atoms with Gasteiger partial charge in [-0.1, -0.05) is 12.1 Å². The summed E-state index contributed by atoms with van der Waals surface area (Å²) in [4.78, 5) is -0.133. The molecule has 0 aliphatic heterocycles. The van der Waals surface area contributed by atoms with Crippen LogP contribution in [-0.4, -0.2) is 16.8 Å². The highest BCUT2D eigenvalue weighted by Crippen LogP contribution is 2.45. The minimum atomic E-state index is -4.02. The smallest absolute Gasteiger partial charge is 0.271 e. The van der Waals surface area contributed by atoms with E-state index < -0.39 is 25.9 Å². The molecular weight excluding hydrogens is 435 g/mol. The number of halogens is 1. The van der Waals surface area contributed by atoms with Crippen molar-refractivity contribution >= 4 is 42.8 Å². The summed E-state index contributed by atoms with van der Waals surface area (Å²) in [7, 11) is -7.89. The maximum atomic E-state index is 13.1. The van der Waals surface area contributed by atoms with Crippen LogP contribution in [0, 0.1) is 5.82 Å². The maximum Gasteiger partial charge on any atom is 0.271 e. The van der Waals surface area contributed by atoms with Crippen molar-refractivity contribution in [2.24, 2.45) is 0 Å². The highest BCUT2D eigenvalue weighted by Gasteiger charge is 2.32. The Morgan fingerprint density at radius 3 is 2.00 bits per heavy atom. The first-order valence-electron chi connectivity index (χ1n) is 8.74. The van der Waals surface area contributed by atoms with E-state index in [2.05, 4.69) is 9.44 Å². The molecule has 1 aliphatic carbocycles. The van der Waals surface area contributed by atoms with Crippen molar-refractivity contribution in [3.63, 3.8) is 0 Å². The third-order valence-corrected chi connectivity index (χ3v) is 8.72. The number of nitrogens with one attached hydrogen (secondary N) is 2. The van der Waals surface area contributed by atoms with Crippen molar-refractivity contribution in [1.82, 2.24) is 0 Å². The highest BCUT2D eigenvalue weighted by molar-refractivity contribution is 7.94. The van der Waals surface area contributed by atoms with Crippen molar-refractivity contribution in [2.75, 3.05) is 9.44 Å². The van der Waals surface area contributed by atoms with Gasteiger partial charge in [-0.05, 0) is 72.2 Å². The van der Waals surface area contributed by atoms with E-state index in [-0.39, 0.29) is 26.4 Å². The summed E-state index contributed by atoms with van der Waals surface area (Å²) in [5, 5.41) is 1.74. The lowest BCUT2D eigenvalue weighted by Gasteiger charge is -2.14. The van der Waals surface area contributed by atoms with Crippen LogP contribution in [-0.2, 0) is 20.0 Å². The number of hydrogen-bond acceptors (Lipinski definition) is 5. The Hall–Kier alpha value is -2.43. The summed E-state index contributed by atoms with van der Waals surface area (Å²) in [5.74, 6) is -0.292. The second-order valence-electron chi connectivity index (χ2n) is 6.65. The molecule has 4 rings (SSSR count). The summed E-state index contributed by atoms with van der Waals surface area (Å²) in [6.07, 6.45) is 1.93. The van der Waals surface area contributed by atoms with Crippen LogP contribution in [0.25, 0.3) is 0 Å². The molecule has 6 nitrogen and oxygen atoms in total. The van der Waals surface area contributed by atoms with Gasteiger partial charge in [0.2, 0.25) is 0 Å².